The van der Waals surface area contributed by atoms with Crippen molar-refractivity contribution in [1.29, 1.82) is 0 Å². The second kappa shape index (κ2) is 4.89. The van der Waals surface area contributed by atoms with E-state index in [1.54, 1.807) is 17.4 Å². The molecule has 0 spiro atoms. The van der Waals surface area contributed by atoms with Gasteiger partial charge in [-0.05, 0) is 0 Å². The Bertz CT molecular complexity index is 336. The molecule has 1 aliphatic rings. The highest BCUT2D eigenvalue weighted by Gasteiger charge is 2.30. The summed E-state index contributed by atoms with van der Waals surface area (Å²) in [6, 6.07) is 0. The van der Waals surface area contributed by atoms with Gasteiger partial charge in [0.2, 0.25) is 0 Å². The fraction of sp³-hybridized carbons (Fsp3) is 0.500. The van der Waals surface area contributed by atoms with Crippen molar-refractivity contribution in [2.45, 2.75) is 6.92 Å². The topological polar surface area (TPSA) is 27.7 Å². The zero-order chi connectivity index (χ0) is 11.4. The van der Waals surface area contributed by atoms with Crippen LogP contribution in [0.5, 0.6) is 11.5 Å². The summed E-state index contributed by atoms with van der Waals surface area (Å²) in [5.74, 6) is 1.69. The third-order valence-electron chi connectivity index (χ3n) is 2.43. The van der Waals surface area contributed by atoms with Crippen molar-refractivity contribution in [3.8, 4) is 11.5 Å². The first-order valence-corrected chi connectivity index (χ1v) is 6.18. The molecule has 4 heteroatoms. The van der Waals surface area contributed by atoms with Crippen LogP contribution in [-0.2, 0) is 4.74 Å². The summed E-state index contributed by atoms with van der Waals surface area (Å²) >= 11 is 1.59. The maximum atomic E-state index is 5.71. The van der Waals surface area contributed by atoms with Crippen LogP contribution in [-0.4, -0.2) is 26.4 Å². The Kier molecular flexibility index (Phi) is 3.51. The lowest BCUT2D eigenvalue weighted by Crippen LogP contribution is -2.35. The molecule has 0 fully saturated rings. The van der Waals surface area contributed by atoms with Crippen molar-refractivity contribution >= 4 is 11.3 Å². The number of hydrogen-bond donors (Lipinski definition) is 0. The minimum atomic E-state index is -0.0975. The maximum absolute atomic E-state index is 5.71. The Morgan fingerprint density at radius 2 is 2.06 bits per heavy atom. The molecule has 16 heavy (non-hydrogen) atoms. The van der Waals surface area contributed by atoms with Gasteiger partial charge in [0.25, 0.3) is 0 Å². The Hall–Kier alpha value is -1.00. The van der Waals surface area contributed by atoms with Crippen molar-refractivity contribution in [3.05, 3.63) is 23.4 Å². The summed E-state index contributed by atoms with van der Waals surface area (Å²) in [4.78, 5) is 0. The number of thiophene rings is 1. The molecule has 1 aliphatic heterocycles. The summed E-state index contributed by atoms with van der Waals surface area (Å²) in [5.41, 5.74) is -0.0975. The summed E-state index contributed by atoms with van der Waals surface area (Å²) in [6.45, 7) is 8.15. The van der Waals surface area contributed by atoms with E-state index in [0.717, 1.165) is 11.5 Å². The second-order valence-electron chi connectivity index (χ2n) is 4.29. The lowest BCUT2D eigenvalue weighted by molar-refractivity contribution is 0.0170. The van der Waals surface area contributed by atoms with Gasteiger partial charge in [0.05, 0.1) is 31.8 Å². The first-order valence-electron chi connectivity index (χ1n) is 5.24. The SMILES string of the molecule is C=CCOCC1(C)COc2cscc2OC1. The first-order chi connectivity index (χ1) is 7.73. The van der Waals surface area contributed by atoms with Crippen LogP contribution in [0.1, 0.15) is 6.92 Å². The van der Waals surface area contributed by atoms with Crippen molar-refractivity contribution < 1.29 is 14.2 Å². The highest BCUT2D eigenvalue weighted by Crippen LogP contribution is 2.36. The average Bonchev–Trinajstić information content (AvgIpc) is 2.66. The lowest BCUT2D eigenvalue weighted by atomic mass is 9.94. The van der Waals surface area contributed by atoms with Gasteiger partial charge in [-0.3, -0.25) is 0 Å². The minimum Gasteiger partial charge on any atom is -0.488 e. The van der Waals surface area contributed by atoms with Crippen molar-refractivity contribution in [2.75, 3.05) is 26.4 Å². The van der Waals surface area contributed by atoms with Crippen molar-refractivity contribution in [1.82, 2.24) is 0 Å². The zero-order valence-corrected chi connectivity index (χ0v) is 10.2. The molecular formula is C12H16O3S. The number of ether oxygens (including phenoxy) is 3. The summed E-state index contributed by atoms with van der Waals surface area (Å²) < 4.78 is 16.9. The summed E-state index contributed by atoms with van der Waals surface area (Å²) in [5, 5.41) is 3.93. The third kappa shape index (κ3) is 2.57. The van der Waals surface area contributed by atoms with E-state index in [2.05, 4.69) is 13.5 Å². The Morgan fingerprint density at radius 1 is 1.44 bits per heavy atom. The number of fused-ring (bicyclic) bond motifs is 1. The van der Waals surface area contributed by atoms with E-state index in [1.165, 1.54) is 0 Å². The first kappa shape index (κ1) is 11.5. The van der Waals surface area contributed by atoms with E-state index >= 15 is 0 Å². The van der Waals surface area contributed by atoms with E-state index in [9.17, 15) is 0 Å². The zero-order valence-electron chi connectivity index (χ0n) is 9.40. The lowest BCUT2D eigenvalue weighted by Gasteiger charge is -2.25. The van der Waals surface area contributed by atoms with Crippen molar-refractivity contribution in [2.24, 2.45) is 5.41 Å². The van der Waals surface area contributed by atoms with Gasteiger partial charge in [-0.15, -0.1) is 17.9 Å². The van der Waals surface area contributed by atoms with Crippen LogP contribution in [0.15, 0.2) is 23.4 Å². The van der Waals surface area contributed by atoms with E-state index < -0.39 is 0 Å². The second-order valence-corrected chi connectivity index (χ2v) is 5.04. The molecule has 2 heterocycles. The Balaban J connectivity index is 1.94. The van der Waals surface area contributed by atoms with Gasteiger partial charge in [0.1, 0.15) is 0 Å². The van der Waals surface area contributed by atoms with Crippen LogP contribution >= 0.6 is 11.3 Å². The number of rotatable bonds is 4. The van der Waals surface area contributed by atoms with Gasteiger partial charge in [-0.25, -0.2) is 0 Å². The molecule has 0 amide bonds. The van der Waals surface area contributed by atoms with Gasteiger partial charge >= 0.3 is 0 Å². The van der Waals surface area contributed by atoms with Gasteiger partial charge in [0.15, 0.2) is 11.5 Å². The summed E-state index contributed by atoms with van der Waals surface area (Å²) in [7, 11) is 0. The van der Waals surface area contributed by atoms with Gasteiger partial charge in [0, 0.05) is 10.8 Å². The molecule has 3 nitrogen and oxygen atoms in total. The molecule has 1 aromatic heterocycles. The van der Waals surface area contributed by atoms with E-state index in [1.807, 2.05) is 10.8 Å². The fourth-order valence-electron chi connectivity index (χ4n) is 1.50. The largest absolute Gasteiger partial charge is 0.488 e. The molecule has 0 aromatic carbocycles. The third-order valence-corrected chi connectivity index (χ3v) is 3.13. The Labute approximate surface area is 99.6 Å². The minimum absolute atomic E-state index is 0.0975. The van der Waals surface area contributed by atoms with Crippen LogP contribution in [0.2, 0.25) is 0 Å². The predicted molar refractivity (Wildman–Crippen MR) is 64.4 cm³/mol. The van der Waals surface area contributed by atoms with Crippen LogP contribution in [0.4, 0.5) is 0 Å². The van der Waals surface area contributed by atoms with E-state index in [-0.39, 0.29) is 5.41 Å². The molecule has 1 aromatic rings. The van der Waals surface area contributed by atoms with Gasteiger partial charge in [-0.1, -0.05) is 13.0 Å². The maximum Gasteiger partial charge on any atom is 0.171 e. The Morgan fingerprint density at radius 3 is 2.62 bits per heavy atom. The van der Waals surface area contributed by atoms with Crippen LogP contribution < -0.4 is 9.47 Å². The molecule has 0 unspecified atom stereocenters. The van der Waals surface area contributed by atoms with Gasteiger partial charge in [-0.2, -0.15) is 0 Å². The fourth-order valence-corrected chi connectivity index (χ4v) is 2.19. The molecular weight excluding hydrogens is 224 g/mol. The highest BCUT2D eigenvalue weighted by molar-refractivity contribution is 7.08. The molecule has 0 radical (unpaired) electrons. The van der Waals surface area contributed by atoms with Crippen LogP contribution in [0.25, 0.3) is 0 Å². The van der Waals surface area contributed by atoms with Crippen LogP contribution in [0, 0.1) is 5.41 Å². The van der Waals surface area contributed by atoms with E-state index in [0.29, 0.717) is 26.4 Å². The molecule has 0 saturated carbocycles. The monoisotopic (exact) mass is 240 g/mol. The molecule has 0 bridgehead atoms. The summed E-state index contributed by atoms with van der Waals surface area (Å²) in [6.07, 6.45) is 1.75. The molecule has 0 N–H and O–H groups in total. The van der Waals surface area contributed by atoms with E-state index in [4.69, 9.17) is 14.2 Å². The molecule has 0 atom stereocenters. The molecule has 88 valence electrons. The quantitative estimate of drug-likeness (QED) is 0.598. The van der Waals surface area contributed by atoms with Crippen molar-refractivity contribution in [3.63, 3.8) is 0 Å². The number of hydrogen-bond acceptors (Lipinski definition) is 4. The van der Waals surface area contributed by atoms with Crippen LogP contribution in [0.3, 0.4) is 0 Å². The standard InChI is InChI=1S/C12H16O3S/c1-3-4-13-7-12(2)8-14-10-5-16-6-11(10)15-9-12/h3,5-6H,1,4,7-9H2,2H3. The highest BCUT2D eigenvalue weighted by atomic mass is 32.1. The molecule has 2 rings (SSSR count). The molecule has 0 aliphatic carbocycles. The normalized spacial score (nSPS) is 17.8. The average molecular weight is 240 g/mol. The smallest absolute Gasteiger partial charge is 0.171 e. The van der Waals surface area contributed by atoms with Gasteiger partial charge < -0.3 is 14.2 Å². The predicted octanol–water partition coefficient (Wildman–Crippen LogP) is 2.73. The molecule has 0 saturated heterocycles.